The van der Waals surface area contributed by atoms with E-state index in [9.17, 15) is 4.79 Å². The van der Waals surface area contributed by atoms with Crippen LogP contribution >= 0.6 is 0 Å². The summed E-state index contributed by atoms with van der Waals surface area (Å²) in [6.07, 6.45) is 1.04. The summed E-state index contributed by atoms with van der Waals surface area (Å²) in [5, 5.41) is 6.02. The van der Waals surface area contributed by atoms with Crippen LogP contribution in [0.1, 0.15) is 17.5 Å². The van der Waals surface area contributed by atoms with Crippen LogP contribution in [-0.4, -0.2) is 13.1 Å². The van der Waals surface area contributed by atoms with Crippen LogP contribution in [-0.2, 0) is 22.5 Å². The molecule has 4 rings (SSSR count). The van der Waals surface area contributed by atoms with Gasteiger partial charge in [-0.2, -0.15) is 0 Å². The molecule has 3 nitrogen and oxygen atoms in total. The molecule has 1 N–H and O–H groups in total. The predicted molar refractivity (Wildman–Crippen MR) is 123 cm³/mol. The first-order chi connectivity index (χ1) is 14.7. The lowest BCUT2D eigenvalue weighted by molar-refractivity contribution is -0.140. The molecule has 4 aromatic rings. The van der Waals surface area contributed by atoms with E-state index in [4.69, 9.17) is 4.74 Å². The van der Waals surface area contributed by atoms with Crippen LogP contribution in [0, 0.1) is 0 Å². The van der Waals surface area contributed by atoms with Crippen molar-refractivity contribution in [3.05, 3.63) is 102 Å². The van der Waals surface area contributed by atoms with Gasteiger partial charge >= 0.3 is 5.97 Å². The Morgan fingerprint density at radius 3 is 2.37 bits per heavy atom. The first-order valence-corrected chi connectivity index (χ1v) is 10.2. The summed E-state index contributed by atoms with van der Waals surface area (Å²) in [5.41, 5.74) is 5.73. The Bertz CT molecular complexity index is 1150. The number of hydrogen-bond donors (Lipinski definition) is 1. The van der Waals surface area contributed by atoms with Gasteiger partial charge in [-0.3, -0.25) is 4.79 Å². The SMILES string of the molecule is COC(=O)CCc1ccc(NCc2ccccc2)c(-c2ccc3ccccc3c2)c1. The number of ether oxygens (including phenoxy) is 1. The number of methoxy groups -OCH3 is 1. The molecule has 0 aliphatic heterocycles. The monoisotopic (exact) mass is 395 g/mol. The Kier molecular flexibility index (Phi) is 6.09. The van der Waals surface area contributed by atoms with Crippen LogP contribution < -0.4 is 5.32 Å². The van der Waals surface area contributed by atoms with Crippen LogP contribution in [0.2, 0.25) is 0 Å². The topological polar surface area (TPSA) is 38.3 Å². The highest BCUT2D eigenvalue weighted by atomic mass is 16.5. The number of aryl methyl sites for hydroxylation is 1. The van der Waals surface area contributed by atoms with Gasteiger partial charge in [-0.15, -0.1) is 0 Å². The average Bonchev–Trinajstić information content (AvgIpc) is 2.81. The third-order valence-electron chi connectivity index (χ3n) is 5.32. The van der Waals surface area contributed by atoms with E-state index >= 15 is 0 Å². The largest absolute Gasteiger partial charge is 0.469 e. The first kappa shape index (κ1) is 19.7. The fourth-order valence-corrected chi connectivity index (χ4v) is 3.64. The number of hydrogen-bond acceptors (Lipinski definition) is 3. The molecule has 0 radical (unpaired) electrons. The maximum absolute atomic E-state index is 11.6. The van der Waals surface area contributed by atoms with Crippen LogP contribution in [0.15, 0.2) is 91.0 Å². The number of carbonyl (C=O) groups is 1. The van der Waals surface area contributed by atoms with Gasteiger partial charge in [0.25, 0.3) is 0 Å². The Hall–Kier alpha value is -3.59. The Balaban J connectivity index is 1.68. The van der Waals surface area contributed by atoms with E-state index in [0.717, 1.165) is 28.9 Å². The lowest BCUT2D eigenvalue weighted by Gasteiger charge is -2.15. The van der Waals surface area contributed by atoms with Crippen molar-refractivity contribution in [2.24, 2.45) is 0 Å². The van der Waals surface area contributed by atoms with Gasteiger partial charge in [0.05, 0.1) is 7.11 Å². The normalized spacial score (nSPS) is 10.7. The minimum Gasteiger partial charge on any atom is -0.469 e. The molecule has 0 aromatic heterocycles. The van der Waals surface area contributed by atoms with Crippen molar-refractivity contribution in [1.82, 2.24) is 0 Å². The molecule has 0 amide bonds. The number of rotatable bonds is 7. The molecule has 0 atom stereocenters. The molecule has 4 aromatic carbocycles. The number of anilines is 1. The summed E-state index contributed by atoms with van der Waals surface area (Å²) >= 11 is 0. The van der Waals surface area contributed by atoms with Gasteiger partial charge in [-0.25, -0.2) is 0 Å². The fourth-order valence-electron chi connectivity index (χ4n) is 3.64. The lowest BCUT2D eigenvalue weighted by atomic mass is 9.96. The molecule has 0 aliphatic rings. The number of nitrogens with one attached hydrogen (secondary N) is 1. The maximum atomic E-state index is 11.6. The number of benzene rings is 4. The van der Waals surface area contributed by atoms with E-state index in [-0.39, 0.29) is 5.97 Å². The van der Waals surface area contributed by atoms with Crippen molar-refractivity contribution < 1.29 is 9.53 Å². The number of esters is 1. The summed E-state index contributed by atoms with van der Waals surface area (Å²) in [5.74, 6) is -0.187. The van der Waals surface area contributed by atoms with Crippen LogP contribution in [0.3, 0.4) is 0 Å². The van der Waals surface area contributed by atoms with Gasteiger partial charge in [0.15, 0.2) is 0 Å². The molecule has 150 valence electrons. The minimum absolute atomic E-state index is 0.187. The van der Waals surface area contributed by atoms with E-state index in [1.807, 2.05) is 6.07 Å². The van der Waals surface area contributed by atoms with Gasteiger partial charge in [0.2, 0.25) is 0 Å². The Morgan fingerprint density at radius 2 is 1.57 bits per heavy atom. The Labute approximate surface area is 177 Å². The van der Waals surface area contributed by atoms with Gasteiger partial charge in [0, 0.05) is 24.2 Å². The quantitative estimate of drug-likeness (QED) is 0.377. The van der Waals surface area contributed by atoms with E-state index in [1.54, 1.807) is 0 Å². The molecule has 0 saturated carbocycles. The molecular weight excluding hydrogens is 370 g/mol. The number of carbonyl (C=O) groups excluding carboxylic acids is 1. The van der Waals surface area contributed by atoms with E-state index in [2.05, 4.69) is 90.2 Å². The lowest BCUT2D eigenvalue weighted by Crippen LogP contribution is -2.04. The average molecular weight is 396 g/mol. The number of fused-ring (bicyclic) bond motifs is 1. The first-order valence-electron chi connectivity index (χ1n) is 10.2. The zero-order valence-corrected chi connectivity index (χ0v) is 17.1. The van der Waals surface area contributed by atoms with Gasteiger partial charge in [-0.05, 0) is 52.1 Å². The molecule has 0 heterocycles. The van der Waals surface area contributed by atoms with Crippen LogP contribution in [0.5, 0.6) is 0 Å². The van der Waals surface area contributed by atoms with E-state index < -0.39 is 0 Å². The predicted octanol–water partition coefficient (Wildman–Crippen LogP) is 6.22. The van der Waals surface area contributed by atoms with Gasteiger partial charge in [0.1, 0.15) is 0 Å². The zero-order chi connectivity index (χ0) is 20.8. The summed E-state index contributed by atoms with van der Waals surface area (Å²) in [6, 6.07) is 31.7. The highest BCUT2D eigenvalue weighted by molar-refractivity contribution is 5.90. The smallest absolute Gasteiger partial charge is 0.305 e. The summed E-state index contributed by atoms with van der Waals surface area (Å²) < 4.78 is 4.80. The second kappa shape index (κ2) is 9.27. The van der Waals surface area contributed by atoms with Crippen molar-refractivity contribution in [1.29, 1.82) is 0 Å². The molecule has 0 unspecified atom stereocenters. The zero-order valence-electron chi connectivity index (χ0n) is 17.1. The van der Waals surface area contributed by atoms with Crippen LogP contribution in [0.4, 0.5) is 5.69 Å². The van der Waals surface area contributed by atoms with E-state index in [1.165, 1.54) is 23.4 Å². The van der Waals surface area contributed by atoms with Crippen molar-refractivity contribution in [2.75, 3.05) is 12.4 Å². The molecule has 0 spiro atoms. The molecule has 30 heavy (non-hydrogen) atoms. The molecule has 0 fully saturated rings. The van der Waals surface area contributed by atoms with Crippen molar-refractivity contribution >= 4 is 22.4 Å². The maximum Gasteiger partial charge on any atom is 0.305 e. The second-order valence-electron chi connectivity index (χ2n) is 7.36. The third kappa shape index (κ3) is 4.69. The Morgan fingerprint density at radius 1 is 0.800 bits per heavy atom. The summed E-state index contributed by atoms with van der Waals surface area (Å²) in [7, 11) is 1.43. The molecule has 0 aliphatic carbocycles. The summed E-state index contributed by atoms with van der Waals surface area (Å²) in [6.45, 7) is 0.753. The molecular formula is C27H25NO2. The minimum atomic E-state index is -0.187. The van der Waals surface area contributed by atoms with Crippen molar-refractivity contribution in [2.45, 2.75) is 19.4 Å². The van der Waals surface area contributed by atoms with Gasteiger partial charge < -0.3 is 10.1 Å². The summed E-state index contributed by atoms with van der Waals surface area (Å²) in [4.78, 5) is 11.6. The van der Waals surface area contributed by atoms with Gasteiger partial charge in [-0.1, -0.05) is 72.8 Å². The third-order valence-corrected chi connectivity index (χ3v) is 5.32. The van der Waals surface area contributed by atoms with Crippen molar-refractivity contribution in [3.63, 3.8) is 0 Å². The molecule has 0 saturated heterocycles. The highest BCUT2D eigenvalue weighted by Crippen LogP contribution is 2.32. The molecule has 3 heteroatoms. The van der Waals surface area contributed by atoms with Crippen LogP contribution in [0.25, 0.3) is 21.9 Å². The van der Waals surface area contributed by atoms with E-state index in [0.29, 0.717) is 12.8 Å². The fraction of sp³-hybridized carbons (Fsp3) is 0.148. The standard InChI is InChI=1S/C27H25NO2/c1-30-27(29)16-12-20-11-15-26(28-19-21-7-3-2-4-8-21)25(17-20)24-14-13-22-9-5-6-10-23(22)18-24/h2-11,13-15,17-18,28H,12,16,19H2,1H3. The second-order valence-corrected chi connectivity index (χ2v) is 7.36. The highest BCUT2D eigenvalue weighted by Gasteiger charge is 2.09. The van der Waals surface area contributed by atoms with Crippen molar-refractivity contribution in [3.8, 4) is 11.1 Å². The molecule has 0 bridgehead atoms.